The van der Waals surface area contributed by atoms with Crippen LogP contribution in [0, 0.1) is 0 Å². The third-order valence-electron chi connectivity index (χ3n) is 2.76. The van der Waals surface area contributed by atoms with Crippen molar-refractivity contribution in [3.8, 4) is 5.75 Å². The third-order valence-corrected chi connectivity index (χ3v) is 3.01. The molecule has 1 aromatic carbocycles. The second-order valence-electron chi connectivity index (χ2n) is 4.47. The van der Waals surface area contributed by atoms with Gasteiger partial charge in [0.15, 0.2) is 0 Å². The molecule has 2 nitrogen and oxygen atoms in total. The highest BCUT2D eigenvalue weighted by Crippen LogP contribution is 2.15. The maximum atomic E-state index is 5.80. The molecule has 1 aromatic rings. The molecule has 0 bridgehead atoms. The number of rotatable bonds is 10. The van der Waals surface area contributed by atoms with Crippen molar-refractivity contribution in [2.75, 3.05) is 19.7 Å². The van der Waals surface area contributed by atoms with Crippen molar-refractivity contribution >= 4 is 11.6 Å². The zero-order valence-corrected chi connectivity index (χ0v) is 12.0. The molecule has 0 radical (unpaired) electrons. The van der Waals surface area contributed by atoms with Crippen molar-refractivity contribution in [1.82, 2.24) is 5.32 Å². The molecule has 0 aromatic heterocycles. The number of unbranched alkanes of at least 4 members (excludes halogenated alkanes) is 3. The number of nitrogens with one attached hydrogen (secondary N) is 1. The van der Waals surface area contributed by atoms with Gasteiger partial charge in [-0.25, -0.2) is 0 Å². The van der Waals surface area contributed by atoms with Crippen LogP contribution in [0.1, 0.15) is 39.0 Å². The zero-order valence-electron chi connectivity index (χ0n) is 11.3. The topological polar surface area (TPSA) is 21.3 Å². The molecule has 0 spiro atoms. The first-order valence-corrected chi connectivity index (χ1v) is 7.30. The molecule has 3 heteroatoms. The number of ether oxygens (including phenoxy) is 1. The Morgan fingerprint density at radius 2 is 1.72 bits per heavy atom. The first kappa shape index (κ1) is 15.3. The number of halogens is 1. The van der Waals surface area contributed by atoms with Crippen molar-refractivity contribution < 1.29 is 4.74 Å². The second-order valence-corrected chi connectivity index (χ2v) is 4.90. The van der Waals surface area contributed by atoms with Gasteiger partial charge in [0.25, 0.3) is 0 Å². The predicted molar refractivity (Wildman–Crippen MR) is 78.6 cm³/mol. The Morgan fingerprint density at radius 3 is 2.44 bits per heavy atom. The molecule has 0 saturated heterocycles. The van der Waals surface area contributed by atoms with Crippen LogP contribution in [-0.4, -0.2) is 19.7 Å². The van der Waals surface area contributed by atoms with Gasteiger partial charge in [0.2, 0.25) is 0 Å². The van der Waals surface area contributed by atoms with E-state index in [0.29, 0.717) is 0 Å². The summed E-state index contributed by atoms with van der Waals surface area (Å²) in [5, 5.41) is 4.17. The largest absolute Gasteiger partial charge is 0.494 e. The summed E-state index contributed by atoms with van der Waals surface area (Å²) in [6.07, 6.45) is 6.12. The summed E-state index contributed by atoms with van der Waals surface area (Å²) >= 11 is 5.80. The highest BCUT2D eigenvalue weighted by atomic mass is 35.5. The van der Waals surface area contributed by atoms with Crippen molar-refractivity contribution in [1.29, 1.82) is 0 Å². The van der Waals surface area contributed by atoms with Crippen molar-refractivity contribution in [3.63, 3.8) is 0 Å². The summed E-state index contributed by atoms with van der Waals surface area (Å²) in [6.45, 7) is 5.27. The Hall–Kier alpha value is -0.730. The van der Waals surface area contributed by atoms with Crippen LogP contribution in [0.4, 0.5) is 0 Å². The van der Waals surface area contributed by atoms with Crippen LogP contribution in [-0.2, 0) is 0 Å². The summed E-state index contributed by atoms with van der Waals surface area (Å²) in [5.74, 6) is 0.906. The molecule has 0 aliphatic heterocycles. The Morgan fingerprint density at radius 1 is 1.00 bits per heavy atom. The van der Waals surface area contributed by atoms with Crippen LogP contribution < -0.4 is 10.1 Å². The maximum Gasteiger partial charge on any atom is 0.119 e. The molecule has 18 heavy (non-hydrogen) atoms. The molecule has 1 N–H and O–H groups in total. The Bertz CT molecular complexity index is 300. The third kappa shape index (κ3) is 7.57. The lowest BCUT2D eigenvalue weighted by molar-refractivity contribution is 0.304. The monoisotopic (exact) mass is 269 g/mol. The predicted octanol–water partition coefficient (Wildman–Crippen LogP) is 4.28. The van der Waals surface area contributed by atoms with E-state index in [9.17, 15) is 0 Å². The molecule has 0 aliphatic carbocycles. The summed E-state index contributed by atoms with van der Waals surface area (Å²) in [4.78, 5) is 0. The fourth-order valence-electron chi connectivity index (χ4n) is 1.73. The average Bonchev–Trinajstić information content (AvgIpc) is 2.39. The summed E-state index contributed by atoms with van der Waals surface area (Å²) < 4.78 is 5.63. The van der Waals surface area contributed by atoms with Gasteiger partial charge in [-0.05, 0) is 56.6 Å². The van der Waals surface area contributed by atoms with Gasteiger partial charge in [-0.1, -0.05) is 31.4 Å². The van der Waals surface area contributed by atoms with E-state index >= 15 is 0 Å². The van der Waals surface area contributed by atoms with E-state index in [2.05, 4.69) is 12.2 Å². The highest BCUT2D eigenvalue weighted by molar-refractivity contribution is 6.30. The van der Waals surface area contributed by atoms with Crippen LogP contribution in [0.3, 0.4) is 0 Å². The summed E-state index contributed by atoms with van der Waals surface area (Å²) in [7, 11) is 0. The van der Waals surface area contributed by atoms with E-state index in [4.69, 9.17) is 16.3 Å². The Balaban J connectivity index is 1.91. The SMILES string of the molecule is CCCNCCCCCCOc1ccc(Cl)cc1. The van der Waals surface area contributed by atoms with Gasteiger partial charge in [0.05, 0.1) is 6.61 Å². The van der Waals surface area contributed by atoms with Crippen LogP contribution in [0.5, 0.6) is 5.75 Å². The van der Waals surface area contributed by atoms with Gasteiger partial charge < -0.3 is 10.1 Å². The smallest absolute Gasteiger partial charge is 0.119 e. The van der Waals surface area contributed by atoms with Gasteiger partial charge in [0, 0.05) is 5.02 Å². The fourth-order valence-corrected chi connectivity index (χ4v) is 1.85. The molecule has 0 unspecified atom stereocenters. The molecule has 102 valence electrons. The summed E-state index contributed by atoms with van der Waals surface area (Å²) in [5.41, 5.74) is 0. The van der Waals surface area contributed by atoms with E-state index in [1.54, 1.807) is 0 Å². The molecule has 1 rings (SSSR count). The number of benzene rings is 1. The Labute approximate surface area is 116 Å². The first-order chi connectivity index (χ1) is 8.83. The molecule has 0 heterocycles. The molecule has 0 amide bonds. The van der Waals surface area contributed by atoms with Gasteiger partial charge in [-0.15, -0.1) is 0 Å². The molecule has 0 aliphatic rings. The first-order valence-electron chi connectivity index (χ1n) is 6.92. The van der Waals surface area contributed by atoms with Crippen LogP contribution >= 0.6 is 11.6 Å². The lowest BCUT2D eigenvalue weighted by atomic mass is 10.2. The standard InChI is InChI=1S/C15H24ClNO/c1-2-11-17-12-5-3-4-6-13-18-15-9-7-14(16)8-10-15/h7-10,17H,2-6,11-13H2,1H3. The van der Waals surface area contributed by atoms with Gasteiger partial charge in [-0.3, -0.25) is 0 Å². The molecule has 0 fully saturated rings. The lowest BCUT2D eigenvalue weighted by Crippen LogP contribution is -2.15. The van der Waals surface area contributed by atoms with Crippen molar-refractivity contribution in [2.24, 2.45) is 0 Å². The van der Waals surface area contributed by atoms with E-state index < -0.39 is 0 Å². The maximum absolute atomic E-state index is 5.80. The van der Waals surface area contributed by atoms with E-state index in [-0.39, 0.29) is 0 Å². The second kappa shape index (κ2) is 10.2. The minimum atomic E-state index is 0.752. The normalized spacial score (nSPS) is 10.6. The van der Waals surface area contributed by atoms with Crippen LogP contribution in [0.2, 0.25) is 5.02 Å². The lowest BCUT2D eigenvalue weighted by Gasteiger charge is -2.06. The molecule has 0 saturated carbocycles. The minimum absolute atomic E-state index is 0.752. The van der Waals surface area contributed by atoms with Gasteiger partial charge >= 0.3 is 0 Å². The summed E-state index contributed by atoms with van der Waals surface area (Å²) in [6, 6.07) is 7.54. The number of hydrogen-bond acceptors (Lipinski definition) is 2. The van der Waals surface area contributed by atoms with E-state index in [0.717, 1.165) is 36.9 Å². The highest BCUT2D eigenvalue weighted by Gasteiger charge is 1.94. The van der Waals surface area contributed by atoms with Crippen LogP contribution in [0.25, 0.3) is 0 Å². The molecule has 0 atom stereocenters. The zero-order chi connectivity index (χ0) is 13.1. The van der Waals surface area contributed by atoms with Crippen molar-refractivity contribution in [2.45, 2.75) is 39.0 Å². The number of hydrogen-bond donors (Lipinski definition) is 1. The fraction of sp³-hybridized carbons (Fsp3) is 0.600. The minimum Gasteiger partial charge on any atom is -0.494 e. The molecular formula is C15H24ClNO. The Kier molecular flexibility index (Phi) is 8.70. The van der Waals surface area contributed by atoms with Crippen molar-refractivity contribution in [3.05, 3.63) is 29.3 Å². The van der Waals surface area contributed by atoms with Gasteiger partial charge in [-0.2, -0.15) is 0 Å². The van der Waals surface area contributed by atoms with E-state index in [1.165, 1.54) is 25.7 Å². The van der Waals surface area contributed by atoms with Gasteiger partial charge in [0.1, 0.15) is 5.75 Å². The quantitative estimate of drug-likeness (QED) is 0.640. The van der Waals surface area contributed by atoms with Crippen LogP contribution in [0.15, 0.2) is 24.3 Å². The average molecular weight is 270 g/mol. The van der Waals surface area contributed by atoms with E-state index in [1.807, 2.05) is 24.3 Å². The molecular weight excluding hydrogens is 246 g/mol.